The summed E-state index contributed by atoms with van der Waals surface area (Å²) in [5.74, 6) is 2.59. The number of aromatic nitrogens is 4. The Morgan fingerprint density at radius 1 is 1.35 bits per heavy atom. The highest BCUT2D eigenvalue weighted by Crippen LogP contribution is 2.42. The minimum Gasteiger partial charge on any atom is -0.383 e. The lowest BCUT2D eigenvalue weighted by atomic mass is 10.3. The zero-order valence-corrected chi connectivity index (χ0v) is 12.3. The molecule has 1 fully saturated rings. The van der Waals surface area contributed by atoms with E-state index in [1.54, 1.807) is 0 Å². The van der Waals surface area contributed by atoms with Gasteiger partial charge in [-0.25, -0.2) is 9.97 Å². The van der Waals surface area contributed by atoms with Crippen molar-refractivity contribution in [3.63, 3.8) is 0 Å². The van der Waals surface area contributed by atoms with Gasteiger partial charge < -0.3 is 14.9 Å². The van der Waals surface area contributed by atoms with E-state index in [1.165, 1.54) is 25.1 Å². The quantitative estimate of drug-likeness (QED) is 0.880. The average molecular weight is 273 g/mol. The third-order valence-corrected chi connectivity index (χ3v) is 4.01. The molecule has 5 heteroatoms. The maximum absolute atomic E-state index is 6.38. The summed E-state index contributed by atoms with van der Waals surface area (Å²) >= 11 is 0. The van der Waals surface area contributed by atoms with Gasteiger partial charge in [-0.2, -0.15) is 0 Å². The van der Waals surface area contributed by atoms with Crippen molar-refractivity contribution in [2.45, 2.75) is 58.5 Å². The lowest BCUT2D eigenvalue weighted by molar-refractivity contribution is 0.609. The highest BCUT2D eigenvalue weighted by molar-refractivity contribution is 5.68. The Morgan fingerprint density at radius 2 is 2.15 bits per heavy atom. The number of rotatable bonds is 6. The van der Waals surface area contributed by atoms with Crippen LogP contribution in [0.25, 0.3) is 11.4 Å². The van der Waals surface area contributed by atoms with E-state index in [-0.39, 0.29) is 0 Å². The van der Waals surface area contributed by atoms with E-state index in [0.717, 1.165) is 36.7 Å². The SMILES string of the molecule is CCCCn1c(C2CC2)nc(-c2cncn2CC)c1N. The Hall–Kier alpha value is -1.78. The van der Waals surface area contributed by atoms with E-state index in [0.29, 0.717) is 5.92 Å². The van der Waals surface area contributed by atoms with Crippen molar-refractivity contribution in [1.29, 1.82) is 0 Å². The van der Waals surface area contributed by atoms with Crippen LogP contribution in [-0.4, -0.2) is 19.1 Å². The molecular formula is C15H23N5. The standard InChI is InChI=1S/C15H23N5/c1-3-5-8-20-14(16)13(18-15(20)11-6-7-11)12-9-17-10-19(12)4-2/h9-11H,3-8,16H2,1-2H3. The molecule has 0 bridgehead atoms. The maximum Gasteiger partial charge on any atom is 0.133 e. The van der Waals surface area contributed by atoms with E-state index in [2.05, 4.69) is 28.0 Å². The summed E-state index contributed by atoms with van der Waals surface area (Å²) in [7, 11) is 0. The Balaban J connectivity index is 2.03. The first-order chi connectivity index (χ1) is 9.76. The van der Waals surface area contributed by atoms with Crippen molar-refractivity contribution in [2.75, 3.05) is 5.73 Å². The van der Waals surface area contributed by atoms with Gasteiger partial charge in [0.15, 0.2) is 0 Å². The molecule has 2 N–H and O–H groups in total. The lowest BCUT2D eigenvalue weighted by Gasteiger charge is -2.08. The van der Waals surface area contributed by atoms with Crippen LogP contribution in [0, 0.1) is 0 Å². The summed E-state index contributed by atoms with van der Waals surface area (Å²) in [6.45, 7) is 6.17. The highest BCUT2D eigenvalue weighted by atomic mass is 15.2. The smallest absolute Gasteiger partial charge is 0.133 e. The van der Waals surface area contributed by atoms with Gasteiger partial charge >= 0.3 is 0 Å². The van der Waals surface area contributed by atoms with Crippen LogP contribution in [0.15, 0.2) is 12.5 Å². The van der Waals surface area contributed by atoms with Crippen molar-refractivity contribution in [3.8, 4) is 11.4 Å². The normalized spacial score (nSPS) is 14.9. The summed E-state index contributed by atoms with van der Waals surface area (Å²) in [5, 5.41) is 0. The van der Waals surface area contributed by atoms with Crippen LogP contribution in [0.4, 0.5) is 5.82 Å². The van der Waals surface area contributed by atoms with Crippen LogP contribution < -0.4 is 5.73 Å². The Bertz CT molecular complexity index is 591. The van der Waals surface area contributed by atoms with Gasteiger partial charge in [0.05, 0.1) is 18.2 Å². The number of unbranched alkanes of at least 4 members (excludes halogenated alkanes) is 1. The molecule has 0 aromatic carbocycles. The van der Waals surface area contributed by atoms with Gasteiger partial charge in [0.1, 0.15) is 17.3 Å². The zero-order chi connectivity index (χ0) is 14.1. The van der Waals surface area contributed by atoms with Gasteiger partial charge in [0.2, 0.25) is 0 Å². The van der Waals surface area contributed by atoms with Gasteiger partial charge in [0.25, 0.3) is 0 Å². The summed E-state index contributed by atoms with van der Waals surface area (Å²) in [6.07, 6.45) is 8.51. The van der Waals surface area contributed by atoms with Gasteiger partial charge in [-0.3, -0.25) is 0 Å². The van der Waals surface area contributed by atoms with Crippen molar-refractivity contribution in [3.05, 3.63) is 18.3 Å². The molecule has 0 radical (unpaired) electrons. The predicted octanol–water partition coefficient (Wildman–Crippen LogP) is 3.03. The summed E-state index contributed by atoms with van der Waals surface area (Å²) in [6, 6.07) is 0. The molecule has 0 amide bonds. The Morgan fingerprint density at radius 3 is 2.80 bits per heavy atom. The number of aryl methyl sites for hydroxylation is 1. The fourth-order valence-electron chi connectivity index (χ4n) is 2.65. The number of hydrogen-bond donors (Lipinski definition) is 1. The van der Waals surface area contributed by atoms with E-state index in [4.69, 9.17) is 10.7 Å². The molecule has 1 aliphatic carbocycles. The Kier molecular flexibility index (Phi) is 3.51. The fourth-order valence-corrected chi connectivity index (χ4v) is 2.65. The van der Waals surface area contributed by atoms with Gasteiger partial charge in [-0.05, 0) is 26.2 Å². The molecule has 108 valence electrons. The number of nitrogen functional groups attached to an aromatic ring is 1. The van der Waals surface area contributed by atoms with E-state index in [9.17, 15) is 0 Å². The molecule has 0 saturated heterocycles. The first-order valence-corrected chi connectivity index (χ1v) is 7.62. The minimum absolute atomic E-state index is 0.612. The number of nitrogens with two attached hydrogens (primary N) is 1. The van der Waals surface area contributed by atoms with Gasteiger partial charge in [-0.15, -0.1) is 0 Å². The van der Waals surface area contributed by atoms with E-state index in [1.807, 2.05) is 12.5 Å². The molecule has 2 aromatic rings. The van der Waals surface area contributed by atoms with Crippen LogP contribution >= 0.6 is 0 Å². The zero-order valence-electron chi connectivity index (χ0n) is 12.3. The number of anilines is 1. The van der Waals surface area contributed by atoms with E-state index >= 15 is 0 Å². The minimum atomic E-state index is 0.612. The largest absolute Gasteiger partial charge is 0.383 e. The van der Waals surface area contributed by atoms with Crippen molar-refractivity contribution < 1.29 is 0 Å². The second kappa shape index (κ2) is 5.31. The molecule has 20 heavy (non-hydrogen) atoms. The van der Waals surface area contributed by atoms with Gasteiger partial charge in [-0.1, -0.05) is 13.3 Å². The number of nitrogens with zero attached hydrogens (tertiary/aromatic N) is 4. The van der Waals surface area contributed by atoms with Crippen LogP contribution in [0.1, 0.15) is 51.3 Å². The fraction of sp³-hybridized carbons (Fsp3) is 0.600. The third-order valence-electron chi connectivity index (χ3n) is 4.01. The molecule has 3 rings (SSSR count). The second-order valence-corrected chi connectivity index (χ2v) is 5.55. The molecule has 0 aliphatic heterocycles. The average Bonchev–Trinajstić information content (AvgIpc) is 3.10. The molecule has 0 spiro atoms. The van der Waals surface area contributed by atoms with Crippen LogP contribution in [-0.2, 0) is 13.1 Å². The van der Waals surface area contributed by atoms with Crippen LogP contribution in [0.2, 0.25) is 0 Å². The molecule has 2 aromatic heterocycles. The monoisotopic (exact) mass is 273 g/mol. The third kappa shape index (κ3) is 2.21. The van der Waals surface area contributed by atoms with Crippen LogP contribution in [0.3, 0.4) is 0 Å². The Labute approximate surface area is 119 Å². The van der Waals surface area contributed by atoms with Crippen molar-refractivity contribution in [2.24, 2.45) is 0 Å². The molecule has 1 aliphatic rings. The second-order valence-electron chi connectivity index (χ2n) is 5.55. The molecule has 0 unspecified atom stereocenters. The van der Waals surface area contributed by atoms with E-state index < -0.39 is 0 Å². The topological polar surface area (TPSA) is 61.7 Å². The number of imidazole rings is 2. The summed E-state index contributed by atoms with van der Waals surface area (Å²) in [4.78, 5) is 9.08. The number of hydrogen-bond acceptors (Lipinski definition) is 3. The summed E-state index contributed by atoms with van der Waals surface area (Å²) < 4.78 is 4.32. The molecular weight excluding hydrogens is 250 g/mol. The molecule has 5 nitrogen and oxygen atoms in total. The van der Waals surface area contributed by atoms with Gasteiger partial charge in [0, 0.05) is 19.0 Å². The summed E-state index contributed by atoms with van der Waals surface area (Å²) in [5.41, 5.74) is 8.32. The maximum atomic E-state index is 6.38. The van der Waals surface area contributed by atoms with Crippen LogP contribution in [0.5, 0.6) is 0 Å². The van der Waals surface area contributed by atoms with Crippen molar-refractivity contribution >= 4 is 5.82 Å². The highest BCUT2D eigenvalue weighted by Gasteiger charge is 2.31. The predicted molar refractivity (Wildman–Crippen MR) is 80.4 cm³/mol. The first-order valence-electron chi connectivity index (χ1n) is 7.62. The first kappa shape index (κ1) is 13.2. The molecule has 2 heterocycles. The molecule has 1 saturated carbocycles. The van der Waals surface area contributed by atoms with Crippen molar-refractivity contribution in [1.82, 2.24) is 19.1 Å². The lowest BCUT2D eigenvalue weighted by Crippen LogP contribution is -2.07. The molecule has 0 atom stereocenters.